The zero-order chi connectivity index (χ0) is 17.7. The molecule has 7 heteroatoms. The lowest BCUT2D eigenvalue weighted by atomic mass is 9.78. The number of nitrogens with one attached hydrogen (secondary N) is 2. The second-order valence-electron chi connectivity index (χ2n) is 6.29. The molecule has 1 saturated carbocycles. The minimum Gasteiger partial charge on any atom is -0.352 e. The lowest BCUT2D eigenvalue weighted by Gasteiger charge is -2.34. The predicted molar refractivity (Wildman–Crippen MR) is 91.7 cm³/mol. The summed E-state index contributed by atoms with van der Waals surface area (Å²) in [5.74, 6) is 1.45. The molecule has 1 amide bonds. The van der Waals surface area contributed by atoms with Gasteiger partial charge in [-0.1, -0.05) is 38.5 Å². The average Bonchev–Trinajstić information content (AvgIpc) is 2.57. The zero-order valence-corrected chi connectivity index (χ0v) is 14.7. The summed E-state index contributed by atoms with van der Waals surface area (Å²) in [6.07, 6.45) is 3.37. The predicted octanol–water partition coefficient (Wildman–Crippen LogP) is 1.86. The molecule has 0 radical (unpaired) electrons. The van der Waals surface area contributed by atoms with Gasteiger partial charge in [-0.15, -0.1) is 0 Å². The molecule has 0 unspecified atom stereocenters. The molecule has 1 aromatic rings. The van der Waals surface area contributed by atoms with E-state index in [9.17, 15) is 10.1 Å². The molecule has 2 rings (SSSR count). The van der Waals surface area contributed by atoms with Crippen molar-refractivity contribution in [1.82, 2.24) is 5.32 Å². The number of amides is 1. The second kappa shape index (κ2) is 8.03. The van der Waals surface area contributed by atoms with Crippen LogP contribution in [0.3, 0.4) is 0 Å². The minimum absolute atomic E-state index is 0.0498. The topological polar surface area (TPSA) is 117 Å². The Morgan fingerprint density at radius 3 is 2.75 bits per heavy atom. The molecule has 3 atom stereocenters. The maximum absolute atomic E-state index is 12.2. The third-order valence-electron chi connectivity index (χ3n) is 4.71. The highest BCUT2D eigenvalue weighted by Gasteiger charge is 2.28. The van der Waals surface area contributed by atoms with Crippen LogP contribution >= 0.6 is 11.8 Å². The molecule has 1 aromatic heterocycles. The van der Waals surface area contributed by atoms with Gasteiger partial charge in [0.1, 0.15) is 23.3 Å². The van der Waals surface area contributed by atoms with E-state index >= 15 is 0 Å². The summed E-state index contributed by atoms with van der Waals surface area (Å²) in [5.41, 5.74) is 6.29. The minimum atomic E-state index is -0.0498. The first-order valence-electron chi connectivity index (χ1n) is 8.04. The molecule has 1 aliphatic carbocycles. The summed E-state index contributed by atoms with van der Waals surface area (Å²) in [7, 11) is 0. The SMILES string of the molecule is C[C@@H]1[C@@H](C)CCC[C@H]1NC(=O)CSc1[nH+]c(N)c(C#N)cc1C#N. The molecule has 0 saturated heterocycles. The number of hydrogen-bond acceptors (Lipinski definition) is 5. The fraction of sp³-hybridized carbons (Fsp3) is 0.529. The van der Waals surface area contributed by atoms with Crippen molar-refractivity contribution in [3.05, 3.63) is 17.2 Å². The number of nitrogens with two attached hydrogens (primary N) is 1. The lowest BCUT2D eigenvalue weighted by Crippen LogP contribution is -2.44. The van der Waals surface area contributed by atoms with E-state index in [2.05, 4.69) is 24.1 Å². The number of thioether (sulfide) groups is 1. The molecule has 1 aliphatic rings. The number of hydrogen-bond donors (Lipinski definition) is 2. The molecule has 24 heavy (non-hydrogen) atoms. The van der Waals surface area contributed by atoms with Gasteiger partial charge >= 0.3 is 0 Å². The monoisotopic (exact) mass is 344 g/mol. The normalized spacial score (nSPS) is 23.1. The number of carbonyl (C=O) groups excluding carboxylic acids is 1. The van der Waals surface area contributed by atoms with Crippen molar-refractivity contribution in [2.75, 3.05) is 11.5 Å². The zero-order valence-electron chi connectivity index (χ0n) is 13.9. The van der Waals surface area contributed by atoms with Gasteiger partial charge in [0.05, 0.1) is 5.75 Å². The van der Waals surface area contributed by atoms with Gasteiger partial charge in [0.25, 0.3) is 5.82 Å². The third-order valence-corrected chi connectivity index (χ3v) is 5.73. The van der Waals surface area contributed by atoms with E-state index in [4.69, 9.17) is 11.0 Å². The first-order chi connectivity index (χ1) is 11.5. The summed E-state index contributed by atoms with van der Waals surface area (Å²) in [6.45, 7) is 4.41. The fourth-order valence-corrected chi connectivity index (χ4v) is 3.81. The van der Waals surface area contributed by atoms with Crippen molar-refractivity contribution < 1.29 is 9.78 Å². The van der Waals surface area contributed by atoms with Crippen LogP contribution in [-0.4, -0.2) is 17.7 Å². The van der Waals surface area contributed by atoms with E-state index in [0.29, 0.717) is 22.4 Å². The summed E-state index contributed by atoms with van der Waals surface area (Å²) in [5, 5.41) is 21.7. The lowest BCUT2D eigenvalue weighted by molar-refractivity contribution is -0.410. The maximum Gasteiger partial charge on any atom is 0.289 e. The van der Waals surface area contributed by atoms with Crippen molar-refractivity contribution in [3.63, 3.8) is 0 Å². The van der Waals surface area contributed by atoms with E-state index in [0.717, 1.165) is 12.8 Å². The number of nitrogens with zero attached hydrogens (tertiary/aromatic N) is 2. The van der Waals surface area contributed by atoms with Crippen molar-refractivity contribution in [2.45, 2.75) is 44.2 Å². The largest absolute Gasteiger partial charge is 0.352 e. The van der Waals surface area contributed by atoms with Crippen molar-refractivity contribution in [1.29, 1.82) is 10.5 Å². The van der Waals surface area contributed by atoms with Crippen molar-refractivity contribution in [2.24, 2.45) is 11.8 Å². The Bertz CT molecular complexity index is 706. The Morgan fingerprint density at radius 2 is 2.08 bits per heavy atom. The van der Waals surface area contributed by atoms with Crippen LogP contribution in [0.2, 0.25) is 0 Å². The number of aromatic amines is 1. The Kier molecular flexibility index (Phi) is 6.05. The number of nitrogen functional groups attached to an aromatic ring is 1. The van der Waals surface area contributed by atoms with Gasteiger partial charge in [-0.3, -0.25) is 10.5 Å². The highest BCUT2D eigenvalue weighted by Crippen LogP contribution is 2.29. The van der Waals surface area contributed by atoms with Crippen LogP contribution in [0.25, 0.3) is 0 Å². The van der Waals surface area contributed by atoms with Gasteiger partial charge in [-0.05, 0) is 24.3 Å². The van der Waals surface area contributed by atoms with Crippen LogP contribution < -0.4 is 16.0 Å². The van der Waals surface area contributed by atoms with E-state index in [1.165, 1.54) is 24.2 Å². The van der Waals surface area contributed by atoms with Crippen LogP contribution in [0.1, 0.15) is 44.2 Å². The quantitative estimate of drug-likeness (QED) is 0.809. The first kappa shape index (κ1) is 18.1. The van der Waals surface area contributed by atoms with Gasteiger partial charge in [0, 0.05) is 6.04 Å². The molecule has 1 fully saturated rings. The summed E-state index contributed by atoms with van der Waals surface area (Å²) >= 11 is 1.22. The molecule has 0 spiro atoms. The number of pyridine rings is 1. The van der Waals surface area contributed by atoms with Crippen LogP contribution in [0.4, 0.5) is 5.82 Å². The molecular weight excluding hydrogens is 322 g/mol. The van der Waals surface area contributed by atoms with E-state index < -0.39 is 0 Å². The standard InChI is InChI=1S/C17H21N5OS/c1-10-4-3-5-14(11(10)2)21-15(23)9-24-17-13(8-19)6-12(7-18)16(20)22-17/h6,10-11,14H,3-5,9H2,1-2H3,(H2,20,22)(H,21,23)/p+1/t10-,11+,14+/m0/s1. The number of aromatic nitrogens is 1. The molecule has 126 valence electrons. The van der Waals surface area contributed by atoms with Crippen molar-refractivity contribution >= 4 is 23.5 Å². The smallest absolute Gasteiger partial charge is 0.289 e. The van der Waals surface area contributed by atoms with Crippen LogP contribution in [0.15, 0.2) is 11.1 Å². The number of rotatable bonds is 4. The molecule has 0 aliphatic heterocycles. The van der Waals surface area contributed by atoms with Crippen LogP contribution in [0, 0.1) is 34.5 Å². The number of H-pyrrole nitrogens is 1. The molecular formula is C17H22N5OS+. The number of nitriles is 2. The van der Waals surface area contributed by atoms with E-state index in [1.807, 2.05) is 12.1 Å². The highest BCUT2D eigenvalue weighted by molar-refractivity contribution is 7.99. The summed E-state index contributed by atoms with van der Waals surface area (Å²) in [4.78, 5) is 15.1. The molecule has 6 nitrogen and oxygen atoms in total. The van der Waals surface area contributed by atoms with Crippen LogP contribution in [-0.2, 0) is 4.79 Å². The third kappa shape index (κ3) is 4.18. The summed E-state index contributed by atoms with van der Waals surface area (Å²) < 4.78 is 0. The van der Waals surface area contributed by atoms with Gasteiger partial charge in [-0.25, -0.2) is 4.98 Å². The van der Waals surface area contributed by atoms with Crippen LogP contribution in [0.5, 0.6) is 0 Å². The fourth-order valence-electron chi connectivity index (χ4n) is 3.01. The Labute approximate surface area is 146 Å². The Morgan fingerprint density at radius 1 is 1.38 bits per heavy atom. The molecule has 0 aromatic carbocycles. The van der Waals surface area contributed by atoms with Crippen molar-refractivity contribution in [3.8, 4) is 12.1 Å². The maximum atomic E-state index is 12.2. The number of carbonyl (C=O) groups is 1. The first-order valence-corrected chi connectivity index (χ1v) is 9.03. The molecule has 4 N–H and O–H groups in total. The highest BCUT2D eigenvalue weighted by atomic mass is 32.2. The Balaban J connectivity index is 1.98. The van der Waals surface area contributed by atoms with Gasteiger partial charge in [0.2, 0.25) is 5.91 Å². The average molecular weight is 344 g/mol. The number of anilines is 1. The molecule has 0 bridgehead atoms. The van der Waals surface area contributed by atoms with Gasteiger partial charge in [0.15, 0.2) is 5.03 Å². The van der Waals surface area contributed by atoms with E-state index in [-0.39, 0.29) is 29.1 Å². The van der Waals surface area contributed by atoms with E-state index in [1.54, 1.807) is 0 Å². The second-order valence-corrected chi connectivity index (χ2v) is 7.28. The Hall–Kier alpha value is -2.25. The van der Waals surface area contributed by atoms with Gasteiger partial charge < -0.3 is 5.32 Å². The molecule has 1 heterocycles. The van der Waals surface area contributed by atoms with Gasteiger partial charge in [-0.2, -0.15) is 10.5 Å². The summed E-state index contributed by atoms with van der Waals surface area (Å²) in [6, 6.07) is 5.61.